The molecule has 3 N–H and O–H groups in total. The van der Waals surface area contributed by atoms with Crippen molar-refractivity contribution in [1.29, 1.82) is 0 Å². The Kier molecular flexibility index (Phi) is 7.00. The number of hydrogen-bond acceptors (Lipinski definition) is 4. The summed E-state index contributed by atoms with van der Waals surface area (Å²) >= 11 is 6.21. The molecular formula is C23H24ClF4N5O3. The number of aromatic nitrogens is 2. The van der Waals surface area contributed by atoms with Crippen molar-refractivity contribution in [3.8, 4) is 0 Å². The molecule has 2 aromatic rings. The Labute approximate surface area is 208 Å². The first-order valence-electron chi connectivity index (χ1n) is 11.4. The fraction of sp³-hybridized carbons (Fsp3) is 0.478. The van der Waals surface area contributed by atoms with Gasteiger partial charge in [0.05, 0.1) is 22.5 Å². The number of amides is 3. The summed E-state index contributed by atoms with van der Waals surface area (Å²) in [6.45, 7) is 0.508. The Hall–Kier alpha value is -3.15. The van der Waals surface area contributed by atoms with Crippen molar-refractivity contribution in [2.75, 3.05) is 18.0 Å². The Morgan fingerprint density at radius 1 is 1.22 bits per heavy atom. The second-order valence-electron chi connectivity index (χ2n) is 9.21. The van der Waals surface area contributed by atoms with Crippen LogP contribution in [0.5, 0.6) is 0 Å². The molecule has 0 atom stereocenters. The number of carbonyl (C=O) groups is 3. The first-order valence-corrected chi connectivity index (χ1v) is 11.7. The lowest BCUT2D eigenvalue weighted by Crippen LogP contribution is -2.44. The number of hydrogen-bond donors (Lipinski definition) is 3. The predicted octanol–water partition coefficient (Wildman–Crippen LogP) is 3.90. The van der Waals surface area contributed by atoms with Gasteiger partial charge >= 0.3 is 6.18 Å². The fourth-order valence-electron chi connectivity index (χ4n) is 4.84. The number of alkyl halides is 3. The molecule has 1 aromatic carbocycles. The molecule has 36 heavy (non-hydrogen) atoms. The first kappa shape index (κ1) is 25.9. The largest absolute Gasteiger partial charge is 0.405 e. The number of anilines is 1. The second kappa shape index (κ2) is 9.72. The van der Waals surface area contributed by atoms with E-state index in [1.165, 1.54) is 6.07 Å². The lowest BCUT2D eigenvalue weighted by molar-refractivity contribution is -0.127. The summed E-state index contributed by atoms with van der Waals surface area (Å²) in [5, 5.41) is 4.63. The maximum absolute atomic E-state index is 13.8. The van der Waals surface area contributed by atoms with Crippen LogP contribution in [0.2, 0.25) is 5.02 Å². The normalized spacial score (nSPS) is 22.2. The highest BCUT2D eigenvalue weighted by Gasteiger charge is 2.49. The van der Waals surface area contributed by atoms with Crippen LogP contribution in [-0.2, 0) is 4.79 Å². The molecule has 2 heterocycles. The van der Waals surface area contributed by atoms with Gasteiger partial charge in [0.25, 0.3) is 11.8 Å². The van der Waals surface area contributed by atoms with Gasteiger partial charge in [-0.25, -0.2) is 9.37 Å². The molecule has 1 spiro atoms. The molecule has 194 valence electrons. The van der Waals surface area contributed by atoms with Crippen molar-refractivity contribution < 1.29 is 31.9 Å². The van der Waals surface area contributed by atoms with Crippen molar-refractivity contribution >= 4 is 35.0 Å². The lowest BCUT2D eigenvalue weighted by atomic mass is 9.71. The van der Waals surface area contributed by atoms with Crippen LogP contribution in [0.15, 0.2) is 18.5 Å². The average Bonchev–Trinajstić information content (AvgIpc) is 3.42. The Balaban J connectivity index is 1.37. The maximum Gasteiger partial charge on any atom is 0.405 e. The first-order chi connectivity index (χ1) is 16.9. The summed E-state index contributed by atoms with van der Waals surface area (Å²) in [5.41, 5.74) is -0.413. The Morgan fingerprint density at radius 2 is 1.92 bits per heavy atom. The number of benzene rings is 1. The topological polar surface area (TPSA) is 107 Å². The van der Waals surface area contributed by atoms with Gasteiger partial charge in [0.2, 0.25) is 5.91 Å². The minimum Gasteiger partial charge on any atom is -0.348 e. The lowest BCUT2D eigenvalue weighted by Gasteiger charge is -2.36. The third-order valence-corrected chi connectivity index (χ3v) is 7.14. The van der Waals surface area contributed by atoms with E-state index < -0.39 is 41.5 Å². The average molecular weight is 530 g/mol. The van der Waals surface area contributed by atoms with Crippen molar-refractivity contribution in [2.24, 2.45) is 5.41 Å². The second-order valence-corrected chi connectivity index (χ2v) is 9.62. The summed E-state index contributed by atoms with van der Waals surface area (Å²) in [4.78, 5) is 45.9. The van der Waals surface area contributed by atoms with Crippen LogP contribution < -0.4 is 15.5 Å². The molecule has 2 fully saturated rings. The molecular weight excluding hydrogens is 506 g/mol. The van der Waals surface area contributed by atoms with Gasteiger partial charge in [-0.2, -0.15) is 13.2 Å². The Morgan fingerprint density at radius 3 is 2.58 bits per heavy atom. The highest BCUT2D eigenvalue weighted by Crippen LogP contribution is 2.47. The molecule has 0 unspecified atom stereocenters. The monoisotopic (exact) mass is 529 g/mol. The van der Waals surface area contributed by atoms with Gasteiger partial charge in [0.15, 0.2) is 5.69 Å². The third-order valence-electron chi connectivity index (χ3n) is 6.84. The zero-order valence-electron chi connectivity index (χ0n) is 19.3. The molecule has 1 saturated heterocycles. The molecule has 1 saturated carbocycles. The van der Waals surface area contributed by atoms with Gasteiger partial charge < -0.3 is 20.5 Å². The number of imidazole rings is 1. The van der Waals surface area contributed by atoms with E-state index in [9.17, 15) is 31.9 Å². The number of H-pyrrole nitrogens is 1. The van der Waals surface area contributed by atoms with E-state index in [1.54, 1.807) is 23.2 Å². The summed E-state index contributed by atoms with van der Waals surface area (Å²) in [5.74, 6) is -2.32. The van der Waals surface area contributed by atoms with E-state index in [4.69, 9.17) is 11.6 Å². The highest BCUT2D eigenvalue weighted by molar-refractivity contribution is 6.34. The molecule has 0 radical (unpaired) electrons. The molecule has 3 amide bonds. The molecule has 0 bridgehead atoms. The molecule has 2 aliphatic rings. The molecule has 1 aliphatic carbocycles. The van der Waals surface area contributed by atoms with E-state index in [-0.39, 0.29) is 22.7 Å². The summed E-state index contributed by atoms with van der Waals surface area (Å²) < 4.78 is 50.9. The van der Waals surface area contributed by atoms with Gasteiger partial charge in [-0.3, -0.25) is 14.4 Å². The molecule has 13 heteroatoms. The van der Waals surface area contributed by atoms with Crippen molar-refractivity contribution in [1.82, 2.24) is 20.6 Å². The van der Waals surface area contributed by atoms with E-state index in [0.29, 0.717) is 49.9 Å². The minimum atomic E-state index is -4.60. The molecule has 4 rings (SSSR count). The third kappa shape index (κ3) is 5.18. The number of aryl methyl sites for hydroxylation is 1. The van der Waals surface area contributed by atoms with E-state index >= 15 is 0 Å². The van der Waals surface area contributed by atoms with Crippen LogP contribution in [-0.4, -0.2) is 53.0 Å². The summed E-state index contributed by atoms with van der Waals surface area (Å²) in [6, 6.07) is 2.47. The smallest absolute Gasteiger partial charge is 0.348 e. The van der Waals surface area contributed by atoms with Gasteiger partial charge in [0.1, 0.15) is 18.1 Å². The van der Waals surface area contributed by atoms with Gasteiger partial charge in [-0.1, -0.05) is 11.6 Å². The minimum absolute atomic E-state index is 0.0858. The van der Waals surface area contributed by atoms with E-state index in [2.05, 4.69) is 15.3 Å². The van der Waals surface area contributed by atoms with Gasteiger partial charge in [0, 0.05) is 12.6 Å². The summed E-state index contributed by atoms with van der Waals surface area (Å²) in [7, 11) is 0. The number of nitrogens with zero attached hydrogens (tertiary/aromatic N) is 2. The number of aromatic amines is 1. The number of halogens is 5. The van der Waals surface area contributed by atoms with Crippen molar-refractivity contribution in [3.05, 3.63) is 46.3 Å². The van der Waals surface area contributed by atoms with Gasteiger partial charge in [-0.05, 0) is 56.7 Å². The van der Waals surface area contributed by atoms with E-state index in [1.807, 2.05) is 0 Å². The number of rotatable bonds is 5. The van der Waals surface area contributed by atoms with Gasteiger partial charge in [-0.15, -0.1) is 0 Å². The van der Waals surface area contributed by atoms with Crippen LogP contribution in [0.1, 0.15) is 58.6 Å². The molecule has 8 nitrogen and oxygen atoms in total. The molecule has 1 aliphatic heterocycles. The fourth-order valence-corrected chi connectivity index (χ4v) is 5.09. The Bertz CT molecular complexity index is 1190. The summed E-state index contributed by atoms with van der Waals surface area (Å²) in [6.07, 6.45) is -0.943. The zero-order valence-corrected chi connectivity index (χ0v) is 20.0. The maximum atomic E-state index is 13.8. The van der Waals surface area contributed by atoms with E-state index in [0.717, 1.165) is 6.33 Å². The van der Waals surface area contributed by atoms with Crippen LogP contribution in [0.3, 0.4) is 0 Å². The zero-order chi connectivity index (χ0) is 26.3. The quantitative estimate of drug-likeness (QED) is 0.511. The van der Waals surface area contributed by atoms with Crippen LogP contribution in [0.4, 0.5) is 23.2 Å². The number of nitrogens with one attached hydrogen (secondary N) is 3. The van der Waals surface area contributed by atoms with Crippen LogP contribution >= 0.6 is 11.6 Å². The van der Waals surface area contributed by atoms with Crippen LogP contribution in [0.25, 0.3) is 0 Å². The SMILES string of the molecule is Cc1cc(N2CC[C@]3(CC[C@@H](NC(=O)c4[nH]cnc4C(=O)NCC(F)(F)F)CC3)C2=O)c(Cl)cc1F. The van der Waals surface area contributed by atoms with Crippen molar-refractivity contribution in [2.45, 2.75) is 51.2 Å². The predicted molar refractivity (Wildman–Crippen MR) is 122 cm³/mol. The number of carbonyl (C=O) groups excluding carboxylic acids is 3. The molecule has 1 aromatic heterocycles. The highest BCUT2D eigenvalue weighted by atomic mass is 35.5. The van der Waals surface area contributed by atoms with Crippen molar-refractivity contribution in [3.63, 3.8) is 0 Å². The standard InChI is InChI=1S/C23H24ClF4N5O3/c1-12-8-16(14(24)9-15(12)25)33-7-6-22(21(33)36)4-2-13(3-5-22)32-20(35)18-17(30-11-31-18)19(34)29-10-23(26,27)28/h8-9,11,13H,2-7,10H2,1H3,(H,29,34)(H,30,31)(H,32,35)/t13-,22-. The van der Waals surface area contributed by atoms with Crippen LogP contribution in [0, 0.1) is 18.2 Å².